The fourth-order valence-corrected chi connectivity index (χ4v) is 2.07. The summed E-state index contributed by atoms with van der Waals surface area (Å²) in [5.41, 5.74) is 6.43. The van der Waals surface area contributed by atoms with Gasteiger partial charge in [-0.1, -0.05) is 13.0 Å². The maximum Gasteiger partial charge on any atom is 0.220 e. The van der Waals surface area contributed by atoms with Crippen LogP contribution in [0.15, 0.2) is 12.1 Å². The van der Waals surface area contributed by atoms with E-state index >= 15 is 0 Å². The Hall–Kier alpha value is -1.66. The number of rotatable bonds is 9. The highest BCUT2D eigenvalue weighted by Crippen LogP contribution is 2.40. The highest BCUT2D eigenvalue weighted by molar-refractivity contribution is 5.85. The van der Waals surface area contributed by atoms with Crippen LogP contribution >= 0.6 is 12.4 Å². The number of aryl methyl sites for hydroxylation is 1. The molecule has 1 aromatic rings. The van der Waals surface area contributed by atoms with Crippen LogP contribution in [0, 0.1) is 5.92 Å². The van der Waals surface area contributed by atoms with E-state index in [1.807, 2.05) is 19.1 Å². The van der Waals surface area contributed by atoms with E-state index in [9.17, 15) is 4.79 Å². The number of methoxy groups -OCH3 is 3. The first kappa shape index (κ1) is 21.3. The molecule has 3 N–H and O–H groups in total. The van der Waals surface area contributed by atoms with Crippen LogP contribution in [0.4, 0.5) is 0 Å². The first-order valence-electron chi connectivity index (χ1n) is 7.31. The van der Waals surface area contributed by atoms with Crippen LogP contribution in [0.3, 0.4) is 0 Å². The van der Waals surface area contributed by atoms with Gasteiger partial charge in [-0.3, -0.25) is 4.79 Å². The summed E-state index contributed by atoms with van der Waals surface area (Å²) in [6, 6.07) is 3.70. The lowest BCUT2D eigenvalue weighted by atomic mass is 10.1. The monoisotopic (exact) mass is 346 g/mol. The number of ether oxygens (including phenoxy) is 3. The van der Waals surface area contributed by atoms with Gasteiger partial charge in [0.1, 0.15) is 0 Å². The molecule has 1 amide bonds. The van der Waals surface area contributed by atoms with Crippen LogP contribution in [0.25, 0.3) is 0 Å². The molecule has 0 heterocycles. The molecular formula is C16H27ClN2O4. The zero-order valence-electron chi connectivity index (χ0n) is 14.2. The van der Waals surface area contributed by atoms with Crippen LogP contribution in [-0.2, 0) is 11.2 Å². The van der Waals surface area contributed by atoms with E-state index in [0.717, 1.165) is 5.56 Å². The van der Waals surface area contributed by atoms with E-state index < -0.39 is 0 Å². The lowest BCUT2D eigenvalue weighted by Crippen LogP contribution is -2.31. The molecule has 23 heavy (non-hydrogen) atoms. The van der Waals surface area contributed by atoms with Crippen molar-refractivity contribution in [2.45, 2.75) is 19.8 Å². The van der Waals surface area contributed by atoms with Crippen molar-refractivity contribution >= 4 is 18.3 Å². The second kappa shape index (κ2) is 11.0. The molecule has 1 atom stereocenters. The molecule has 0 aliphatic carbocycles. The summed E-state index contributed by atoms with van der Waals surface area (Å²) in [6.07, 6.45) is 0.940. The van der Waals surface area contributed by atoms with Gasteiger partial charge in [-0.2, -0.15) is 0 Å². The Bertz CT molecular complexity index is 497. The summed E-state index contributed by atoms with van der Waals surface area (Å²) in [7, 11) is 4.71. The van der Waals surface area contributed by atoms with Crippen molar-refractivity contribution < 1.29 is 19.0 Å². The van der Waals surface area contributed by atoms with Gasteiger partial charge in [0.25, 0.3) is 0 Å². The van der Waals surface area contributed by atoms with E-state index in [1.165, 1.54) is 0 Å². The SMILES string of the molecule is COc1ccc(CCC(=O)NCC(C)CN)c(OC)c1OC.Cl. The number of amides is 1. The number of carbonyl (C=O) groups is 1. The molecule has 0 aromatic heterocycles. The second-order valence-corrected chi connectivity index (χ2v) is 5.14. The fraction of sp³-hybridized carbons (Fsp3) is 0.562. The number of nitrogens with one attached hydrogen (secondary N) is 1. The second-order valence-electron chi connectivity index (χ2n) is 5.14. The molecule has 132 valence electrons. The summed E-state index contributed by atoms with van der Waals surface area (Å²) >= 11 is 0. The lowest BCUT2D eigenvalue weighted by molar-refractivity contribution is -0.121. The van der Waals surface area contributed by atoms with Crippen LogP contribution in [0.2, 0.25) is 0 Å². The first-order valence-corrected chi connectivity index (χ1v) is 7.31. The van der Waals surface area contributed by atoms with Crippen molar-refractivity contribution in [2.24, 2.45) is 11.7 Å². The summed E-state index contributed by atoms with van der Waals surface area (Å²) in [6.45, 7) is 3.15. The van der Waals surface area contributed by atoms with Gasteiger partial charge >= 0.3 is 0 Å². The standard InChI is InChI=1S/C16H26N2O4.ClH/c1-11(9-17)10-18-14(19)8-6-12-5-7-13(20-2)16(22-4)15(12)21-3;/h5,7,11H,6,8-10,17H2,1-4H3,(H,18,19);1H. The Balaban J connectivity index is 0.00000484. The quantitative estimate of drug-likeness (QED) is 0.712. The van der Waals surface area contributed by atoms with E-state index in [4.69, 9.17) is 19.9 Å². The molecule has 0 bridgehead atoms. The van der Waals surface area contributed by atoms with E-state index in [2.05, 4.69) is 5.32 Å². The molecule has 0 fully saturated rings. The zero-order chi connectivity index (χ0) is 16.5. The largest absolute Gasteiger partial charge is 0.493 e. The van der Waals surface area contributed by atoms with Gasteiger partial charge in [0.05, 0.1) is 21.3 Å². The number of halogens is 1. The smallest absolute Gasteiger partial charge is 0.220 e. The van der Waals surface area contributed by atoms with Crippen molar-refractivity contribution in [3.05, 3.63) is 17.7 Å². The van der Waals surface area contributed by atoms with E-state index in [1.54, 1.807) is 21.3 Å². The van der Waals surface area contributed by atoms with Gasteiger partial charge in [0.15, 0.2) is 11.5 Å². The number of hydrogen-bond acceptors (Lipinski definition) is 5. The van der Waals surface area contributed by atoms with Gasteiger partial charge in [-0.25, -0.2) is 0 Å². The third-order valence-electron chi connectivity index (χ3n) is 3.46. The van der Waals surface area contributed by atoms with E-state index in [-0.39, 0.29) is 24.2 Å². The normalized spacial score (nSPS) is 11.2. The van der Waals surface area contributed by atoms with Crippen LogP contribution in [0.1, 0.15) is 18.9 Å². The molecule has 0 saturated carbocycles. The maximum atomic E-state index is 11.9. The predicted molar refractivity (Wildman–Crippen MR) is 92.9 cm³/mol. The minimum absolute atomic E-state index is 0. The van der Waals surface area contributed by atoms with Gasteiger partial charge in [-0.05, 0) is 30.5 Å². The van der Waals surface area contributed by atoms with Crippen LogP contribution in [0.5, 0.6) is 17.2 Å². The molecule has 0 aliphatic heterocycles. The molecule has 0 spiro atoms. The Morgan fingerprint density at radius 2 is 1.83 bits per heavy atom. The van der Waals surface area contributed by atoms with Crippen molar-refractivity contribution in [2.75, 3.05) is 34.4 Å². The van der Waals surface area contributed by atoms with Gasteiger partial charge in [0, 0.05) is 13.0 Å². The minimum Gasteiger partial charge on any atom is -0.493 e. The Morgan fingerprint density at radius 1 is 1.17 bits per heavy atom. The van der Waals surface area contributed by atoms with E-state index in [0.29, 0.717) is 43.2 Å². The average Bonchev–Trinajstić information content (AvgIpc) is 2.56. The number of nitrogens with two attached hydrogens (primary N) is 1. The summed E-state index contributed by atoms with van der Waals surface area (Å²) in [4.78, 5) is 11.9. The molecule has 0 radical (unpaired) electrons. The van der Waals surface area contributed by atoms with Crippen LogP contribution < -0.4 is 25.3 Å². The molecule has 1 rings (SSSR count). The lowest BCUT2D eigenvalue weighted by Gasteiger charge is -2.16. The summed E-state index contributed by atoms with van der Waals surface area (Å²) in [5.74, 6) is 2.02. The van der Waals surface area contributed by atoms with Crippen molar-refractivity contribution in [3.8, 4) is 17.2 Å². The highest BCUT2D eigenvalue weighted by Gasteiger charge is 2.16. The van der Waals surface area contributed by atoms with Crippen molar-refractivity contribution in [1.29, 1.82) is 0 Å². The molecule has 1 aromatic carbocycles. The van der Waals surface area contributed by atoms with Gasteiger partial charge in [0.2, 0.25) is 11.7 Å². The first-order chi connectivity index (χ1) is 10.6. The average molecular weight is 347 g/mol. The molecule has 0 saturated heterocycles. The molecule has 6 nitrogen and oxygen atoms in total. The van der Waals surface area contributed by atoms with Gasteiger partial charge < -0.3 is 25.3 Å². The Labute approximate surface area is 144 Å². The van der Waals surface area contributed by atoms with Gasteiger partial charge in [-0.15, -0.1) is 12.4 Å². The third kappa shape index (κ3) is 6.15. The van der Waals surface area contributed by atoms with Crippen molar-refractivity contribution in [1.82, 2.24) is 5.32 Å². The minimum atomic E-state index is -0.00265. The molecule has 7 heteroatoms. The van der Waals surface area contributed by atoms with Crippen molar-refractivity contribution in [3.63, 3.8) is 0 Å². The fourth-order valence-electron chi connectivity index (χ4n) is 2.07. The molecule has 0 aliphatic rings. The maximum absolute atomic E-state index is 11.9. The predicted octanol–water partition coefficient (Wildman–Crippen LogP) is 1.78. The topological polar surface area (TPSA) is 82.8 Å². The third-order valence-corrected chi connectivity index (χ3v) is 3.46. The molecule has 1 unspecified atom stereocenters. The zero-order valence-corrected chi connectivity index (χ0v) is 15.0. The summed E-state index contributed by atoms with van der Waals surface area (Å²) in [5, 5.41) is 2.88. The summed E-state index contributed by atoms with van der Waals surface area (Å²) < 4.78 is 16.0. The Kier molecular flexibility index (Phi) is 10.2. The number of carbonyl (C=O) groups excluding carboxylic acids is 1. The highest BCUT2D eigenvalue weighted by atomic mass is 35.5. The number of benzene rings is 1. The number of hydrogen-bond donors (Lipinski definition) is 2. The molecular weight excluding hydrogens is 320 g/mol. The Morgan fingerprint density at radius 3 is 2.35 bits per heavy atom. The van der Waals surface area contributed by atoms with Crippen LogP contribution in [-0.4, -0.2) is 40.3 Å².